The molecule has 1 atom stereocenters. The molecule has 0 saturated heterocycles. The van der Waals surface area contributed by atoms with E-state index in [9.17, 15) is 4.79 Å². The number of carbonyl (C=O) groups is 1. The van der Waals surface area contributed by atoms with Crippen molar-refractivity contribution in [2.75, 3.05) is 6.61 Å². The topological polar surface area (TPSA) is 52.3 Å². The summed E-state index contributed by atoms with van der Waals surface area (Å²) in [5.41, 5.74) is 7.04. The predicted molar refractivity (Wildman–Crippen MR) is 63.9 cm³/mol. The highest BCUT2D eigenvalue weighted by atomic mass is 16.5. The molecule has 0 saturated carbocycles. The maximum absolute atomic E-state index is 11.2. The van der Waals surface area contributed by atoms with Crippen molar-refractivity contribution in [1.82, 2.24) is 0 Å². The number of benzene rings is 1. The van der Waals surface area contributed by atoms with Crippen LogP contribution in [0.15, 0.2) is 30.3 Å². The third-order valence-electron chi connectivity index (χ3n) is 2.25. The molecule has 1 aromatic rings. The highest BCUT2D eigenvalue weighted by molar-refractivity contribution is 5.71. The summed E-state index contributed by atoms with van der Waals surface area (Å²) in [4.78, 5) is 11.2. The molecule has 1 rings (SSSR count). The Kier molecular flexibility index (Phi) is 4.99. The Morgan fingerprint density at radius 3 is 2.50 bits per heavy atom. The molecule has 0 unspecified atom stereocenters. The van der Waals surface area contributed by atoms with Crippen LogP contribution in [0.2, 0.25) is 0 Å². The van der Waals surface area contributed by atoms with Gasteiger partial charge in [-0.2, -0.15) is 0 Å². The van der Waals surface area contributed by atoms with Crippen LogP contribution in [0.3, 0.4) is 0 Å². The first-order valence-electron chi connectivity index (χ1n) is 5.55. The minimum atomic E-state index is -0.191. The number of hydrogen-bond acceptors (Lipinski definition) is 3. The first-order chi connectivity index (χ1) is 7.59. The summed E-state index contributed by atoms with van der Waals surface area (Å²) in [7, 11) is 0. The van der Waals surface area contributed by atoms with E-state index >= 15 is 0 Å². The van der Waals surface area contributed by atoms with Gasteiger partial charge in [-0.25, -0.2) is 0 Å². The van der Waals surface area contributed by atoms with Crippen molar-refractivity contribution in [3.63, 3.8) is 0 Å². The monoisotopic (exact) mass is 221 g/mol. The first-order valence-corrected chi connectivity index (χ1v) is 5.55. The fraction of sp³-hybridized carbons (Fsp3) is 0.462. The Balaban J connectivity index is 2.31. The lowest BCUT2D eigenvalue weighted by atomic mass is 10.1. The van der Waals surface area contributed by atoms with Gasteiger partial charge in [0.05, 0.1) is 5.92 Å². The van der Waals surface area contributed by atoms with Gasteiger partial charge in [0, 0.05) is 6.04 Å². The number of ether oxygens (including phenoxy) is 1. The van der Waals surface area contributed by atoms with Crippen molar-refractivity contribution in [1.29, 1.82) is 0 Å². The Bertz CT molecular complexity index is 322. The summed E-state index contributed by atoms with van der Waals surface area (Å²) in [5, 5.41) is 0. The molecule has 0 amide bonds. The molecule has 0 aliphatic heterocycles. The van der Waals surface area contributed by atoms with Crippen LogP contribution in [0.4, 0.5) is 0 Å². The van der Waals surface area contributed by atoms with E-state index in [1.807, 2.05) is 44.2 Å². The molecular formula is C13H19NO2. The van der Waals surface area contributed by atoms with Crippen LogP contribution in [-0.4, -0.2) is 18.6 Å². The molecule has 0 aromatic heterocycles. The van der Waals surface area contributed by atoms with Gasteiger partial charge in [0.25, 0.3) is 0 Å². The van der Waals surface area contributed by atoms with Crippen LogP contribution >= 0.6 is 0 Å². The van der Waals surface area contributed by atoms with Crippen LogP contribution in [0, 0.1) is 5.92 Å². The summed E-state index contributed by atoms with van der Waals surface area (Å²) < 4.78 is 5.07. The second kappa shape index (κ2) is 6.28. The maximum atomic E-state index is 11.2. The largest absolute Gasteiger partial charge is 0.464 e. The molecular weight excluding hydrogens is 202 g/mol. The molecule has 16 heavy (non-hydrogen) atoms. The third kappa shape index (κ3) is 4.45. The van der Waals surface area contributed by atoms with E-state index in [0.717, 1.165) is 12.0 Å². The zero-order valence-electron chi connectivity index (χ0n) is 9.85. The van der Waals surface area contributed by atoms with E-state index in [1.165, 1.54) is 0 Å². The van der Waals surface area contributed by atoms with Gasteiger partial charge in [-0.15, -0.1) is 0 Å². The number of hydrogen-bond donors (Lipinski definition) is 1. The fourth-order valence-electron chi connectivity index (χ4n) is 1.33. The van der Waals surface area contributed by atoms with Gasteiger partial charge in [-0.05, 0) is 12.0 Å². The zero-order chi connectivity index (χ0) is 12.0. The molecule has 0 heterocycles. The molecule has 88 valence electrons. The van der Waals surface area contributed by atoms with E-state index in [1.54, 1.807) is 0 Å². The standard InChI is InChI=1S/C13H19NO2/c1-10(2)13(15)16-9-12(14)8-11-6-4-3-5-7-11/h3-7,10,12H,8-9,14H2,1-2H3/t12-/m0/s1. The summed E-state index contributed by atoms with van der Waals surface area (Å²) in [6.45, 7) is 3.90. The van der Waals surface area contributed by atoms with Gasteiger partial charge in [-0.3, -0.25) is 4.79 Å². The molecule has 3 nitrogen and oxygen atoms in total. The number of esters is 1. The summed E-state index contributed by atoms with van der Waals surface area (Å²) in [6, 6.07) is 9.82. The molecule has 0 aliphatic rings. The van der Waals surface area contributed by atoms with Crippen molar-refractivity contribution in [3.8, 4) is 0 Å². The Hall–Kier alpha value is -1.35. The molecule has 1 aromatic carbocycles. The van der Waals surface area contributed by atoms with Crippen LogP contribution in [0.1, 0.15) is 19.4 Å². The highest BCUT2D eigenvalue weighted by Crippen LogP contribution is 2.03. The molecule has 0 bridgehead atoms. The van der Waals surface area contributed by atoms with E-state index in [4.69, 9.17) is 10.5 Å². The Labute approximate surface area is 96.6 Å². The van der Waals surface area contributed by atoms with Crippen LogP contribution in [0.25, 0.3) is 0 Å². The lowest BCUT2D eigenvalue weighted by Crippen LogP contribution is -2.30. The average molecular weight is 221 g/mol. The van der Waals surface area contributed by atoms with Crippen molar-refractivity contribution in [2.24, 2.45) is 11.7 Å². The lowest BCUT2D eigenvalue weighted by molar-refractivity contribution is -0.147. The van der Waals surface area contributed by atoms with E-state index in [-0.39, 0.29) is 24.5 Å². The molecule has 2 N–H and O–H groups in total. The number of rotatable bonds is 5. The first kappa shape index (κ1) is 12.7. The van der Waals surface area contributed by atoms with Crippen LogP contribution < -0.4 is 5.73 Å². The molecule has 0 aliphatic carbocycles. The average Bonchev–Trinajstić information content (AvgIpc) is 2.27. The smallest absolute Gasteiger partial charge is 0.308 e. The fourth-order valence-corrected chi connectivity index (χ4v) is 1.33. The summed E-state index contributed by atoms with van der Waals surface area (Å²) in [6.07, 6.45) is 0.728. The maximum Gasteiger partial charge on any atom is 0.308 e. The lowest BCUT2D eigenvalue weighted by Gasteiger charge is -2.13. The SMILES string of the molecule is CC(C)C(=O)OC[C@@H](N)Cc1ccccc1. The number of nitrogens with two attached hydrogens (primary N) is 1. The second-order valence-corrected chi connectivity index (χ2v) is 4.23. The van der Waals surface area contributed by atoms with Crippen molar-refractivity contribution >= 4 is 5.97 Å². The molecule has 0 spiro atoms. The van der Waals surface area contributed by atoms with Gasteiger partial charge in [0.2, 0.25) is 0 Å². The number of carbonyl (C=O) groups excluding carboxylic acids is 1. The minimum Gasteiger partial charge on any atom is -0.464 e. The van der Waals surface area contributed by atoms with E-state index < -0.39 is 0 Å². The van der Waals surface area contributed by atoms with E-state index in [2.05, 4.69) is 0 Å². The Morgan fingerprint density at radius 2 is 1.94 bits per heavy atom. The molecule has 0 fully saturated rings. The molecule has 3 heteroatoms. The Morgan fingerprint density at radius 1 is 1.31 bits per heavy atom. The predicted octanol–water partition coefficient (Wildman–Crippen LogP) is 1.76. The molecule has 0 radical (unpaired) electrons. The van der Waals surface area contributed by atoms with Crippen LogP contribution in [-0.2, 0) is 16.0 Å². The van der Waals surface area contributed by atoms with Gasteiger partial charge in [0.1, 0.15) is 6.61 Å². The second-order valence-electron chi connectivity index (χ2n) is 4.23. The van der Waals surface area contributed by atoms with Gasteiger partial charge in [0.15, 0.2) is 0 Å². The quantitative estimate of drug-likeness (QED) is 0.771. The van der Waals surface area contributed by atoms with Crippen molar-refractivity contribution < 1.29 is 9.53 Å². The minimum absolute atomic E-state index is 0.0936. The highest BCUT2D eigenvalue weighted by Gasteiger charge is 2.11. The third-order valence-corrected chi connectivity index (χ3v) is 2.25. The van der Waals surface area contributed by atoms with Crippen LogP contribution in [0.5, 0.6) is 0 Å². The van der Waals surface area contributed by atoms with Gasteiger partial charge in [-0.1, -0.05) is 44.2 Å². The summed E-state index contributed by atoms with van der Waals surface area (Å²) in [5.74, 6) is -0.285. The normalized spacial score (nSPS) is 12.5. The van der Waals surface area contributed by atoms with Crippen molar-refractivity contribution in [3.05, 3.63) is 35.9 Å². The van der Waals surface area contributed by atoms with Gasteiger partial charge >= 0.3 is 5.97 Å². The van der Waals surface area contributed by atoms with Crippen molar-refractivity contribution in [2.45, 2.75) is 26.3 Å². The zero-order valence-corrected chi connectivity index (χ0v) is 9.85. The summed E-state index contributed by atoms with van der Waals surface area (Å²) >= 11 is 0. The van der Waals surface area contributed by atoms with E-state index in [0.29, 0.717) is 0 Å². The van der Waals surface area contributed by atoms with Gasteiger partial charge < -0.3 is 10.5 Å².